The first-order valence-corrected chi connectivity index (χ1v) is 5.01. The molecule has 86 valence electrons. The fourth-order valence-corrected chi connectivity index (χ4v) is 1.89. The number of rotatable bonds is 2. The second-order valence-electron chi connectivity index (χ2n) is 3.76. The van der Waals surface area contributed by atoms with Gasteiger partial charge in [0.15, 0.2) is 5.82 Å². The van der Waals surface area contributed by atoms with E-state index in [0.29, 0.717) is 17.0 Å². The van der Waals surface area contributed by atoms with Crippen molar-refractivity contribution in [3.05, 3.63) is 35.9 Å². The van der Waals surface area contributed by atoms with Crippen LogP contribution in [0.1, 0.15) is 5.69 Å². The number of aromatic amines is 1. The summed E-state index contributed by atoms with van der Waals surface area (Å²) < 4.78 is 15.1. The standard InChI is InChI=1S/C11H8FN3O2/c12-7-2-1-3-8-10(7)14-11-13-6(4-9(16)17)5-15(8)11/h1-3,5H,4H2,(H,13,14)(H,16,17). The van der Waals surface area contributed by atoms with Crippen LogP contribution in [0.4, 0.5) is 4.39 Å². The van der Waals surface area contributed by atoms with E-state index in [1.807, 2.05) is 0 Å². The number of H-pyrrole nitrogens is 1. The number of imidazole rings is 2. The summed E-state index contributed by atoms with van der Waals surface area (Å²) >= 11 is 0. The Morgan fingerprint density at radius 1 is 1.53 bits per heavy atom. The summed E-state index contributed by atoms with van der Waals surface area (Å²) in [6.45, 7) is 0. The molecule has 5 nitrogen and oxygen atoms in total. The van der Waals surface area contributed by atoms with Crippen LogP contribution in [0.2, 0.25) is 0 Å². The molecule has 17 heavy (non-hydrogen) atoms. The lowest BCUT2D eigenvalue weighted by atomic mass is 10.3. The lowest BCUT2D eigenvalue weighted by Crippen LogP contribution is -1.99. The van der Waals surface area contributed by atoms with Crippen LogP contribution in [0.3, 0.4) is 0 Å². The SMILES string of the molecule is O=C(O)Cc1cn2c(nc3c(F)cccc32)[nH]1. The third-order valence-corrected chi connectivity index (χ3v) is 2.57. The number of carboxylic acid groups (broad SMARTS) is 1. The smallest absolute Gasteiger partial charge is 0.309 e. The zero-order valence-corrected chi connectivity index (χ0v) is 8.64. The monoisotopic (exact) mass is 233 g/mol. The van der Waals surface area contributed by atoms with Gasteiger partial charge in [0, 0.05) is 11.9 Å². The Kier molecular flexibility index (Phi) is 1.91. The van der Waals surface area contributed by atoms with Gasteiger partial charge in [0.2, 0.25) is 5.78 Å². The number of aliphatic carboxylic acids is 1. The molecule has 0 fully saturated rings. The summed E-state index contributed by atoms with van der Waals surface area (Å²) in [6, 6.07) is 4.67. The zero-order valence-electron chi connectivity index (χ0n) is 8.64. The largest absolute Gasteiger partial charge is 0.481 e. The Morgan fingerprint density at radius 3 is 3.12 bits per heavy atom. The van der Waals surface area contributed by atoms with Gasteiger partial charge in [-0.05, 0) is 12.1 Å². The molecule has 3 aromatic rings. The van der Waals surface area contributed by atoms with E-state index in [1.54, 1.807) is 22.7 Å². The fraction of sp³-hybridized carbons (Fsp3) is 0.0909. The molecular weight excluding hydrogens is 225 g/mol. The van der Waals surface area contributed by atoms with E-state index in [9.17, 15) is 9.18 Å². The van der Waals surface area contributed by atoms with Crippen molar-refractivity contribution in [2.24, 2.45) is 0 Å². The normalized spacial score (nSPS) is 11.4. The summed E-state index contributed by atoms with van der Waals surface area (Å²) in [5, 5.41) is 8.68. The van der Waals surface area contributed by atoms with Crippen molar-refractivity contribution in [2.75, 3.05) is 0 Å². The first-order chi connectivity index (χ1) is 8.15. The highest BCUT2D eigenvalue weighted by Crippen LogP contribution is 2.19. The van der Waals surface area contributed by atoms with Crippen LogP contribution < -0.4 is 0 Å². The Balaban J connectivity index is 2.25. The van der Waals surface area contributed by atoms with E-state index in [1.165, 1.54) is 6.07 Å². The molecule has 0 aliphatic carbocycles. The third kappa shape index (κ3) is 1.45. The molecule has 1 aromatic carbocycles. The number of halogens is 1. The highest BCUT2D eigenvalue weighted by atomic mass is 19.1. The average molecular weight is 233 g/mol. The van der Waals surface area contributed by atoms with Crippen molar-refractivity contribution in [1.82, 2.24) is 14.4 Å². The van der Waals surface area contributed by atoms with Crippen LogP contribution in [0.15, 0.2) is 24.4 Å². The molecule has 0 spiro atoms. The lowest BCUT2D eigenvalue weighted by Gasteiger charge is -1.91. The number of nitrogens with one attached hydrogen (secondary N) is 1. The Hall–Kier alpha value is -2.37. The topological polar surface area (TPSA) is 70.4 Å². The maximum Gasteiger partial charge on any atom is 0.309 e. The zero-order chi connectivity index (χ0) is 12.0. The number of fused-ring (bicyclic) bond motifs is 3. The predicted octanol–water partition coefficient (Wildman–Crippen LogP) is 1.58. The average Bonchev–Trinajstić information content (AvgIpc) is 2.75. The van der Waals surface area contributed by atoms with Gasteiger partial charge in [0.1, 0.15) is 5.52 Å². The number of nitrogens with zero attached hydrogens (tertiary/aromatic N) is 2. The van der Waals surface area contributed by atoms with E-state index in [4.69, 9.17) is 5.11 Å². The van der Waals surface area contributed by atoms with Crippen LogP contribution >= 0.6 is 0 Å². The van der Waals surface area contributed by atoms with Gasteiger partial charge in [-0.25, -0.2) is 9.37 Å². The van der Waals surface area contributed by atoms with Gasteiger partial charge in [-0.15, -0.1) is 0 Å². The lowest BCUT2D eigenvalue weighted by molar-refractivity contribution is -0.136. The van der Waals surface area contributed by atoms with Crippen LogP contribution in [0, 0.1) is 5.82 Å². The summed E-state index contributed by atoms with van der Waals surface area (Å²) in [7, 11) is 0. The number of hydrogen-bond acceptors (Lipinski definition) is 2. The summed E-state index contributed by atoms with van der Waals surface area (Å²) in [5.41, 5.74) is 1.43. The number of benzene rings is 1. The molecule has 2 N–H and O–H groups in total. The van der Waals surface area contributed by atoms with Gasteiger partial charge in [-0.1, -0.05) is 6.07 Å². The van der Waals surface area contributed by atoms with Gasteiger partial charge in [0.05, 0.1) is 11.9 Å². The molecule has 0 atom stereocenters. The first kappa shape index (κ1) is 9.83. The van der Waals surface area contributed by atoms with Crippen molar-refractivity contribution in [2.45, 2.75) is 6.42 Å². The molecule has 0 unspecified atom stereocenters. The molecule has 0 aliphatic heterocycles. The predicted molar refractivity (Wildman–Crippen MR) is 58.3 cm³/mol. The van der Waals surface area contributed by atoms with Gasteiger partial charge < -0.3 is 10.1 Å². The van der Waals surface area contributed by atoms with Crippen molar-refractivity contribution < 1.29 is 14.3 Å². The number of hydrogen-bond donors (Lipinski definition) is 2. The minimum Gasteiger partial charge on any atom is -0.481 e. The highest BCUT2D eigenvalue weighted by Gasteiger charge is 2.12. The number of para-hydroxylation sites is 1. The molecule has 0 saturated carbocycles. The molecule has 2 aromatic heterocycles. The Bertz CT molecular complexity index is 729. The van der Waals surface area contributed by atoms with Crippen LogP contribution in [-0.4, -0.2) is 25.4 Å². The number of carboxylic acids is 1. The molecule has 0 bridgehead atoms. The number of carbonyl (C=O) groups is 1. The molecule has 3 rings (SSSR count). The van der Waals surface area contributed by atoms with Crippen molar-refractivity contribution in [1.29, 1.82) is 0 Å². The van der Waals surface area contributed by atoms with E-state index >= 15 is 0 Å². The molecular formula is C11H8FN3O2. The summed E-state index contributed by atoms with van der Waals surface area (Å²) in [4.78, 5) is 17.5. The van der Waals surface area contributed by atoms with E-state index < -0.39 is 5.97 Å². The van der Waals surface area contributed by atoms with Gasteiger partial charge in [0.25, 0.3) is 0 Å². The fourth-order valence-electron chi connectivity index (χ4n) is 1.89. The van der Waals surface area contributed by atoms with Crippen molar-refractivity contribution >= 4 is 22.8 Å². The second-order valence-corrected chi connectivity index (χ2v) is 3.76. The quantitative estimate of drug-likeness (QED) is 0.706. The maximum absolute atomic E-state index is 13.4. The van der Waals surface area contributed by atoms with Gasteiger partial charge in [-0.3, -0.25) is 9.20 Å². The first-order valence-electron chi connectivity index (χ1n) is 5.01. The van der Waals surface area contributed by atoms with Gasteiger partial charge in [-0.2, -0.15) is 0 Å². The summed E-state index contributed by atoms with van der Waals surface area (Å²) in [6.07, 6.45) is 1.51. The van der Waals surface area contributed by atoms with Crippen LogP contribution in [-0.2, 0) is 11.2 Å². The van der Waals surface area contributed by atoms with E-state index in [2.05, 4.69) is 9.97 Å². The highest BCUT2D eigenvalue weighted by molar-refractivity contribution is 5.80. The van der Waals surface area contributed by atoms with Crippen LogP contribution in [0.25, 0.3) is 16.8 Å². The van der Waals surface area contributed by atoms with Crippen molar-refractivity contribution in [3.63, 3.8) is 0 Å². The maximum atomic E-state index is 13.4. The molecule has 0 amide bonds. The minimum atomic E-state index is -0.926. The third-order valence-electron chi connectivity index (χ3n) is 2.57. The van der Waals surface area contributed by atoms with E-state index in [-0.39, 0.29) is 17.8 Å². The Morgan fingerprint density at radius 2 is 2.35 bits per heavy atom. The molecule has 0 saturated heterocycles. The van der Waals surface area contributed by atoms with E-state index in [0.717, 1.165) is 0 Å². The summed E-state index contributed by atoms with van der Waals surface area (Å²) in [5.74, 6) is -0.870. The van der Waals surface area contributed by atoms with Crippen molar-refractivity contribution in [3.8, 4) is 0 Å². The molecule has 0 radical (unpaired) electrons. The molecule has 2 heterocycles. The molecule has 6 heteroatoms. The van der Waals surface area contributed by atoms with Gasteiger partial charge >= 0.3 is 5.97 Å². The number of aromatic nitrogens is 3. The molecule has 0 aliphatic rings. The minimum absolute atomic E-state index is 0.111. The Labute approximate surface area is 94.5 Å². The van der Waals surface area contributed by atoms with Crippen LogP contribution in [0.5, 0.6) is 0 Å². The second kappa shape index (κ2) is 3.31.